The van der Waals surface area contributed by atoms with Gasteiger partial charge in [0.05, 0.1) is 11.4 Å². The lowest BCUT2D eigenvalue weighted by Gasteiger charge is -2.23. The SMILES string of the molecule is COCCCN(CC(=O)Nc1cc(C(C)(C)C)nn1-c1ccc(C)cc1C)C(=O)Nc1ccc(Br)cc1. The maximum absolute atomic E-state index is 13.2. The maximum atomic E-state index is 13.2. The average molecular weight is 571 g/mol. The second kappa shape index (κ2) is 12.4. The van der Waals surface area contributed by atoms with Crippen LogP contribution in [0.1, 0.15) is 44.0 Å². The number of rotatable bonds is 9. The van der Waals surface area contributed by atoms with E-state index in [2.05, 4.69) is 53.4 Å². The molecule has 198 valence electrons. The molecule has 3 aromatic rings. The van der Waals surface area contributed by atoms with E-state index in [0.29, 0.717) is 31.1 Å². The van der Waals surface area contributed by atoms with E-state index in [1.165, 1.54) is 4.90 Å². The van der Waals surface area contributed by atoms with E-state index in [0.717, 1.165) is 27.0 Å². The van der Waals surface area contributed by atoms with Gasteiger partial charge in [0.15, 0.2) is 0 Å². The number of urea groups is 1. The van der Waals surface area contributed by atoms with Crippen LogP contribution in [0.3, 0.4) is 0 Å². The molecule has 8 nitrogen and oxygen atoms in total. The Balaban J connectivity index is 1.83. The normalized spacial score (nSPS) is 11.3. The Morgan fingerprint density at radius 3 is 2.38 bits per heavy atom. The van der Waals surface area contributed by atoms with Crippen molar-refractivity contribution < 1.29 is 14.3 Å². The van der Waals surface area contributed by atoms with Crippen molar-refractivity contribution in [1.82, 2.24) is 14.7 Å². The van der Waals surface area contributed by atoms with Gasteiger partial charge in [-0.1, -0.05) is 54.4 Å². The van der Waals surface area contributed by atoms with Crippen molar-refractivity contribution in [3.8, 4) is 5.69 Å². The van der Waals surface area contributed by atoms with Gasteiger partial charge in [0.2, 0.25) is 5.91 Å². The molecule has 0 unspecified atom stereocenters. The van der Waals surface area contributed by atoms with Gasteiger partial charge in [0.1, 0.15) is 12.4 Å². The Hall–Kier alpha value is -3.17. The van der Waals surface area contributed by atoms with Gasteiger partial charge in [-0.2, -0.15) is 5.10 Å². The molecule has 0 aliphatic carbocycles. The number of methoxy groups -OCH3 is 1. The average Bonchev–Trinajstić information content (AvgIpc) is 3.24. The molecule has 0 fully saturated rings. The topological polar surface area (TPSA) is 88.5 Å². The van der Waals surface area contributed by atoms with Crippen molar-refractivity contribution in [2.75, 3.05) is 37.4 Å². The third-order valence-electron chi connectivity index (χ3n) is 5.82. The number of benzene rings is 2. The van der Waals surface area contributed by atoms with Crippen molar-refractivity contribution in [2.45, 2.75) is 46.5 Å². The minimum atomic E-state index is -0.355. The number of aryl methyl sites for hydroxylation is 2. The van der Waals surface area contributed by atoms with Gasteiger partial charge in [0, 0.05) is 41.9 Å². The van der Waals surface area contributed by atoms with Crippen molar-refractivity contribution >= 4 is 39.4 Å². The Bertz CT molecular complexity index is 1230. The van der Waals surface area contributed by atoms with Gasteiger partial charge < -0.3 is 20.3 Å². The summed E-state index contributed by atoms with van der Waals surface area (Å²) in [6.07, 6.45) is 0.603. The summed E-state index contributed by atoms with van der Waals surface area (Å²) in [5, 5.41) is 10.7. The van der Waals surface area contributed by atoms with Crippen LogP contribution in [0.25, 0.3) is 5.69 Å². The van der Waals surface area contributed by atoms with Gasteiger partial charge in [-0.05, 0) is 56.2 Å². The van der Waals surface area contributed by atoms with Gasteiger partial charge >= 0.3 is 6.03 Å². The van der Waals surface area contributed by atoms with Crippen molar-refractivity contribution in [3.63, 3.8) is 0 Å². The standard InChI is InChI=1S/C28H36BrN5O3/c1-19-8-13-23(20(2)16-19)34-25(17-24(32-34)28(3,4)5)31-26(35)18-33(14-7-15-37-6)27(36)30-22-11-9-21(29)10-12-22/h8-13,16-17H,7,14-15,18H2,1-6H3,(H,30,36)(H,31,35). The molecule has 0 bridgehead atoms. The van der Waals surface area contributed by atoms with Crippen LogP contribution in [0.2, 0.25) is 0 Å². The van der Waals surface area contributed by atoms with Crippen molar-refractivity contribution in [3.05, 3.63) is 69.8 Å². The fourth-order valence-corrected chi connectivity index (χ4v) is 4.07. The van der Waals surface area contributed by atoms with E-state index >= 15 is 0 Å². The molecule has 1 aromatic heterocycles. The Morgan fingerprint density at radius 1 is 1.05 bits per heavy atom. The predicted molar refractivity (Wildman–Crippen MR) is 152 cm³/mol. The molecule has 0 saturated heterocycles. The summed E-state index contributed by atoms with van der Waals surface area (Å²) >= 11 is 3.39. The summed E-state index contributed by atoms with van der Waals surface area (Å²) < 4.78 is 7.83. The number of halogens is 1. The molecule has 0 saturated carbocycles. The molecule has 0 spiro atoms. The highest BCUT2D eigenvalue weighted by Gasteiger charge is 2.23. The van der Waals surface area contributed by atoms with Crippen LogP contribution in [-0.4, -0.2) is 53.4 Å². The van der Waals surface area contributed by atoms with Crippen molar-refractivity contribution in [1.29, 1.82) is 0 Å². The van der Waals surface area contributed by atoms with E-state index in [9.17, 15) is 9.59 Å². The molecule has 0 aliphatic heterocycles. The number of hydrogen-bond acceptors (Lipinski definition) is 4. The van der Waals surface area contributed by atoms with Crippen LogP contribution in [0.4, 0.5) is 16.3 Å². The summed E-state index contributed by atoms with van der Waals surface area (Å²) in [4.78, 5) is 27.8. The number of nitrogens with one attached hydrogen (secondary N) is 2. The first-order valence-electron chi connectivity index (χ1n) is 12.3. The molecule has 1 heterocycles. The monoisotopic (exact) mass is 569 g/mol. The molecule has 0 aliphatic rings. The number of nitrogens with zero attached hydrogens (tertiary/aromatic N) is 3. The van der Waals surface area contributed by atoms with E-state index in [-0.39, 0.29) is 23.9 Å². The largest absolute Gasteiger partial charge is 0.385 e. The first kappa shape index (κ1) is 28.4. The second-order valence-corrected chi connectivity index (χ2v) is 11.0. The fourth-order valence-electron chi connectivity index (χ4n) is 3.81. The molecule has 0 atom stereocenters. The lowest BCUT2D eigenvalue weighted by Crippen LogP contribution is -2.41. The first-order valence-corrected chi connectivity index (χ1v) is 13.1. The third-order valence-corrected chi connectivity index (χ3v) is 6.35. The quantitative estimate of drug-likeness (QED) is 0.306. The molecule has 2 aromatic carbocycles. The summed E-state index contributed by atoms with van der Waals surface area (Å²) in [5.41, 5.74) is 4.38. The number of carbonyl (C=O) groups is 2. The first-order chi connectivity index (χ1) is 17.5. The molecule has 3 rings (SSSR count). The Kier molecular flexibility index (Phi) is 9.50. The number of carbonyl (C=O) groups excluding carboxylic acids is 2. The lowest BCUT2D eigenvalue weighted by atomic mass is 9.92. The smallest absolute Gasteiger partial charge is 0.322 e. The summed E-state index contributed by atoms with van der Waals surface area (Å²) in [6, 6.07) is 14.9. The maximum Gasteiger partial charge on any atom is 0.322 e. The number of amides is 3. The summed E-state index contributed by atoms with van der Waals surface area (Å²) in [7, 11) is 1.61. The van der Waals surface area contributed by atoms with Crippen LogP contribution >= 0.6 is 15.9 Å². The van der Waals surface area contributed by atoms with Gasteiger partial charge in [-0.15, -0.1) is 0 Å². The predicted octanol–water partition coefficient (Wildman–Crippen LogP) is 6.06. The fraction of sp³-hybridized carbons (Fsp3) is 0.393. The van der Waals surface area contributed by atoms with Gasteiger partial charge in [-0.25, -0.2) is 9.48 Å². The summed E-state index contributed by atoms with van der Waals surface area (Å²) in [5.74, 6) is 0.252. The highest BCUT2D eigenvalue weighted by Crippen LogP contribution is 2.28. The minimum absolute atomic E-state index is 0.116. The molecule has 3 amide bonds. The molecule has 0 radical (unpaired) electrons. The molecule has 2 N–H and O–H groups in total. The lowest BCUT2D eigenvalue weighted by molar-refractivity contribution is -0.116. The van der Waals surface area contributed by atoms with E-state index in [1.807, 2.05) is 44.2 Å². The van der Waals surface area contributed by atoms with Crippen LogP contribution in [0.5, 0.6) is 0 Å². The van der Waals surface area contributed by atoms with E-state index in [1.54, 1.807) is 23.9 Å². The zero-order valence-corrected chi connectivity index (χ0v) is 24.0. The molecule has 37 heavy (non-hydrogen) atoms. The number of anilines is 2. The van der Waals surface area contributed by atoms with Gasteiger partial charge in [0.25, 0.3) is 0 Å². The van der Waals surface area contributed by atoms with Crippen molar-refractivity contribution in [2.24, 2.45) is 0 Å². The van der Waals surface area contributed by atoms with E-state index < -0.39 is 0 Å². The second-order valence-electron chi connectivity index (χ2n) is 10.1. The zero-order valence-electron chi connectivity index (χ0n) is 22.4. The summed E-state index contributed by atoms with van der Waals surface area (Å²) in [6.45, 7) is 11.0. The van der Waals surface area contributed by atoms with Crippen LogP contribution < -0.4 is 10.6 Å². The minimum Gasteiger partial charge on any atom is -0.385 e. The number of hydrogen-bond donors (Lipinski definition) is 2. The number of ether oxygens (including phenoxy) is 1. The number of aromatic nitrogens is 2. The van der Waals surface area contributed by atoms with Crippen LogP contribution in [-0.2, 0) is 14.9 Å². The van der Waals surface area contributed by atoms with Gasteiger partial charge in [-0.3, -0.25) is 4.79 Å². The van der Waals surface area contributed by atoms with E-state index in [4.69, 9.17) is 9.84 Å². The highest BCUT2D eigenvalue weighted by molar-refractivity contribution is 9.10. The third kappa shape index (κ3) is 7.90. The Labute approximate surface area is 227 Å². The van der Waals surface area contributed by atoms with Crippen LogP contribution in [0, 0.1) is 13.8 Å². The Morgan fingerprint density at radius 2 is 1.76 bits per heavy atom. The van der Waals surface area contributed by atoms with Crippen LogP contribution in [0.15, 0.2) is 53.0 Å². The molecular weight excluding hydrogens is 534 g/mol. The zero-order chi connectivity index (χ0) is 27.2. The highest BCUT2D eigenvalue weighted by atomic mass is 79.9. The molecule has 9 heteroatoms. The molecular formula is C28H36BrN5O3.